The Morgan fingerprint density at radius 1 is 0.867 bits per heavy atom. The Hall–Kier alpha value is -0.450. The van der Waals surface area contributed by atoms with Crippen molar-refractivity contribution in [2.75, 3.05) is 0 Å². The van der Waals surface area contributed by atoms with Crippen LogP contribution in [0.4, 0.5) is 0 Å². The van der Waals surface area contributed by atoms with E-state index in [1.165, 1.54) is 0 Å². The van der Waals surface area contributed by atoms with E-state index >= 15 is 0 Å². The van der Waals surface area contributed by atoms with Gasteiger partial charge in [0.1, 0.15) is 0 Å². The molecule has 15 heavy (non-hydrogen) atoms. The molecule has 0 aliphatic rings. The second-order valence-corrected chi connectivity index (χ2v) is 0.224. The van der Waals surface area contributed by atoms with E-state index in [9.17, 15) is 0 Å². The Labute approximate surface area is 92.7 Å². The van der Waals surface area contributed by atoms with Gasteiger partial charge in [0.2, 0.25) is 0 Å². The first-order valence-corrected chi connectivity index (χ1v) is 1.28. The van der Waals surface area contributed by atoms with Gasteiger partial charge in [-0.05, 0) is 0 Å². The molecule has 13 N–H and O–H groups in total. The van der Waals surface area contributed by atoms with Crippen molar-refractivity contribution in [1.29, 1.82) is 1.43 Å². The fraction of sp³-hybridized carbons (Fsp3) is 1.00. The van der Waals surface area contributed by atoms with Crippen molar-refractivity contribution in [3.63, 3.8) is 0 Å². The molecule has 0 rings (SSSR count). The summed E-state index contributed by atoms with van der Waals surface area (Å²) in [4.78, 5) is 14.0. The first-order chi connectivity index (χ1) is 4.91. The van der Waals surface area contributed by atoms with Crippen molar-refractivity contribution in [3.8, 4) is 0 Å². The molecule has 0 aromatic rings. The lowest BCUT2D eigenvalue weighted by Crippen LogP contribution is -1.43. The second-order valence-electron chi connectivity index (χ2n) is 0.0745. The van der Waals surface area contributed by atoms with Crippen LogP contribution in [-0.2, 0) is 4.33 Å². The maximum atomic E-state index is 7.00. The summed E-state index contributed by atoms with van der Waals surface area (Å²) in [5, 5.41) is 27.2. The van der Waals surface area contributed by atoms with Crippen LogP contribution in [0.25, 0.3) is 1.43 Å². The van der Waals surface area contributed by atoms with Crippen LogP contribution in [-0.4, -0.2) is 48.2 Å². The van der Waals surface area contributed by atoms with Gasteiger partial charge < -0.3 is 21.9 Å². The fourth-order valence-electron chi connectivity index (χ4n) is 0. The number of hydrogen-bond acceptors (Lipinski definition) is 9. The van der Waals surface area contributed by atoms with E-state index in [2.05, 4.69) is 22.5 Å². The predicted octanol–water partition coefficient (Wildman–Crippen LogP) is -1.60. The maximum Gasteiger partial charge on any atom is 0.256 e. The molecule has 0 fully saturated rings. The van der Waals surface area contributed by atoms with Gasteiger partial charge in [-0.25, -0.2) is 5.26 Å². The molecule has 0 unspecified atom stereocenters. The molecule has 0 saturated heterocycles. The minimum atomic E-state index is 0. The summed E-state index contributed by atoms with van der Waals surface area (Å²) in [6.07, 6.45) is 0. The van der Waals surface area contributed by atoms with Gasteiger partial charge in [0.15, 0.2) is 0 Å². The van der Waals surface area contributed by atoms with E-state index in [1.807, 2.05) is 0 Å². The summed E-state index contributed by atoms with van der Waals surface area (Å²) in [6, 6.07) is 0. The Bertz CT molecular complexity index is 26.5. The Morgan fingerprint density at radius 2 is 0.933 bits per heavy atom. The standard InChI is InChI=1S/2CH4.H2O2S.2H2O2.O2.4H2O/c;;1-2-3;3*1-2;;;;/h2*1H4;1,3H;2*1-2H;;4*1H2/i/hT. The van der Waals surface area contributed by atoms with Crippen molar-refractivity contribution in [1.82, 2.24) is 0 Å². The molecule has 0 bridgehead atoms. The fourth-order valence-corrected chi connectivity index (χ4v) is 0. The zero-order valence-electron chi connectivity index (χ0n) is 6.87. The number of rotatable bonds is 1. The Kier molecular flexibility index (Phi) is 40800. The highest BCUT2D eigenvalue weighted by Crippen LogP contribution is 1.56. The van der Waals surface area contributed by atoms with E-state index in [0.717, 1.165) is 0 Å². The van der Waals surface area contributed by atoms with Gasteiger partial charge in [0.25, 0.3) is 1.43 Å². The topological polar surface area (TPSA) is 271 Å². The van der Waals surface area contributed by atoms with Gasteiger partial charge in [0.05, 0.1) is 0 Å². The predicted molar refractivity (Wildman–Crippen MR) is 57.9 cm³/mol. The van der Waals surface area contributed by atoms with Crippen LogP contribution >= 0.6 is 12.9 Å². The van der Waals surface area contributed by atoms with Gasteiger partial charge in [0, 0.05) is 22.8 Å². The molecule has 0 heterocycles. The molecule has 108 valence electrons. The smallest absolute Gasteiger partial charge is 0.256 e. The van der Waals surface area contributed by atoms with Crippen LogP contribution in [0.5, 0.6) is 0 Å². The maximum absolute atomic E-state index is 7.00. The SMILES string of the molecule is C.C.O.O.O.O.O=O.OO.OO.[3H]OOS. The van der Waals surface area contributed by atoms with Crippen molar-refractivity contribution >= 4 is 12.9 Å². The van der Waals surface area contributed by atoms with Gasteiger partial charge in [-0.1, -0.05) is 14.9 Å². The Balaban J connectivity index is -0.00000000348. The first kappa shape index (κ1) is 86.7. The molecule has 0 aromatic carbocycles. The van der Waals surface area contributed by atoms with Gasteiger partial charge >= 0.3 is 0 Å². The molecule has 13 heteroatoms. The average Bonchev–Trinajstić information content (AvgIpc) is 2.14. The molecule has 0 aliphatic heterocycles. The summed E-state index contributed by atoms with van der Waals surface area (Å²) in [6.45, 7) is 0. The van der Waals surface area contributed by atoms with Crippen LogP contribution in [0.1, 0.15) is 14.9 Å². The van der Waals surface area contributed by atoms with Crippen molar-refractivity contribution in [2.45, 2.75) is 14.9 Å². The number of thiol groups is 1. The third-order valence-corrected chi connectivity index (χ3v) is 0. The Morgan fingerprint density at radius 3 is 0.933 bits per heavy atom. The molecule has 0 spiro atoms. The van der Waals surface area contributed by atoms with E-state index in [0.29, 0.717) is 0 Å². The normalized spacial score (nSPS) is 3.13. The van der Waals surface area contributed by atoms with Crippen LogP contribution < -0.4 is 0 Å². The summed E-state index contributed by atoms with van der Waals surface area (Å²) >= 11 is 3.01. The minimum absolute atomic E-state index is 0. The van der Waals surface area contributed by atoms with Crippen LogP contribution in [0.15, 0.2) is 0 Å². The highest BCUT2D eigenvalue weighted by atomic mass is 32.1. The highest BCUT2D eigenvalue weighted by molar-refractivity contribution is 7.74. The van der Waals surface area contributed by atoms with E-state index in [4.69, 9.17) is 32.4 Å². The van der Waals surface area contributed by atoms with E-state index in [1.54, 1.807) is 0 Å². The quantitative estimate of drug-likeness (QED) is 0.139. The second kappa shape index (κ2) is 7060. The van der Waals surface area contributed by atoms with Crippen LogP contribution in [0, 0.1) is 9.93 Å². The van der Waals surface area contributed by atoms with Crippen molar-refractivity contribution in [2.24, 2.45) is 0 Å². The van der Waals surface area contributed by atoms with Crippen molar-refractivity contribution in [3.05, 3.63) is 9.93 Å². The van der Waals surface area contributed by atoms with Gasteiger partial charge in [-0.3, -0.25) is 21.0 Å². The molecule has 0 amide bonds. The molecule has 0 saturated carbocycles. The van der Waals surface area contributed by atoms with E-state index in [-0.39, 0.29) is 36.8 Å². The lowest BCUT2D eigenvalue weighted by atomic mass is 12.0. The monoisotopic (exact) mass is 272 g/mol. The minimum Gasteiger partial charge on any atom is -0.412 e. The first-order valence-electron chi connectivity index (χ1n) is 1.32. The highest BCUT2D eigenvalue weighted by Gasteiger charge is 1.28. The van der Waals surface area contributed by atoms with Crippen LogP contribution in [0.2, 0.25) is 0 Å². The molecule has 0 aromatic heterocycles. The average molecular weight is 272 g/mol. The molecular weight excluding hydrogens is 248 g/mol. The zero-order chi connectivity index (χ0) is 9.41. The third kappa shape index (κ3) is 8930. The lowest BCUT2D eigenvalue weighted by molar-refractivity contribution is -0.176. The summed E-state index contributed by atoms with van der Waals surface area (Å²) in [5.74, 6) is 0. The lowest BCUT2D eigenvalue weighted by Gasteiger charge is -1.56. The summed E-state index contributed by atoms with van der Waals surface area (Å²) < 4.78 is 9.06. The summed E-state index contributed by atoms with van der Waals surface area (Å²) in [7, 11) is 0. The van der Waals surface area contributed by atoms with E-state index < -0.39 is 0 Å². The molecular formula is C2H22O12S. The third-order valence-electron chi connectivity index (χ3n) is 0. The molecule has 0 atom stereocenters. The summed E-state index contributed by atoms with van der Waals surface area (Å²) in [5.41, 5.74) is 0. The largest absolute Gasteiger partial charge is 0.412 e. The molecule has 12 nitrogen and oxygen atoms in total. The zero-order valence-corrected chi connectivity index (χ0v) is 6.76. The van der Waals surface area contributed by atoms with Gasteiger partial charge in [-0.15, -0.1) is 0 Å². The molecule has 0 aliphatic carbocycles. The van der Waals surface area contributed by atoms with Crippen LogP contribution in [0.3, 0.4) is 0 Å². The van der Waals surface area contributed by atoms with Gasteiger partial charge in [-0.2, -0.15) is 4.33 Å². The number of hydrogen-bond donors (Lipinski definition) is 6. The van der Waals surface area contributed by atoms with Crippen molar-refractivity contribution < 1.29 is 52.5 Å². The molecule has 0 radical (unpaired) electrons.